The Balaban J connectivity index is 1.91. The molecule has 0 radical (unpaired) electrons. The highest BCUT2D eigenvalue weighted by molar-refractivity contribution is 7.47. The van der Waals surface area contributed by atoms with Crippen LogP contribution >= 0.6 is 7.82 Å². The second-order valence-corrected chi connectivity index (χ2v) is 19.3. The molecule has 392 valence electrons. The van der Waals surface area contributed by atoms with E-state index < -0.39 is 63.7 Å². The fraction of sp³-hybridized carbons (Fsp3) is 0.704. The van der Waals surface area contributed by atoms with Crippen molar-refractivity contribution in [2.75, 3.05) is 39.6 Å². The number of phosphoric ester groups is 1. The van der Waals surface area contributed by atoms with Crippen LogP contribution in [0.1, 0.15) is 192 Å². The van der Waals surface area contributed by atoms with E-state index in [2.05, 4.69) is 13.8 Å². The highest BCUT2D eigenvalue weighted by atomic mass is 31.2. The van der Waals surface area contributed by atoms with Crippen LogP contribution < -0.4 is 0 Å². The fourth-order valence-corrected chi connectivity index (χ4v) is 8.12. The number of esters is 4. The lowest BCUT2D eigenvalue weighted by Crippen LogP contribution is -2.31. The molecule has 2 rings (SSSR count). The maximum Gasteiger partial charge on any atom is 0.472 e. The zero-order valence-electron chi connectivity index (χ0n) is 42.2. The Morgan fingerprint density at radius 1 is 0.435 bits per heavy atom. The third kappa shape index (κ3) is 36.9. The smallest absolute Gasteiger partial charge is 0.462 e. The summed E-state index contributed by atoms with van der Waals surface area (Å²) in [6, 6.07) is 18.9. The van der Waals surface area contributed by atoms with Crippen molar-refractivity contribution in [3.63, 3.8) is 0 Å². The van der Waals surface area contributed by atoms with Gasteiger partial charge in [-0.1, -0.05) is 203 Å². The molecule has 2 aromatic carbocycles. The van der Waals surface area contributed by atoms with Crippen molar-refractivity contribution in [1.29, 1.82) is 0 Å². The van der Waals surface area contributed by atoms with Gasteiger partial charge < -0.3 is 33.3 Å². The number of unbranched alkanes of at least 4 members (excludes halogenated alkanes) is 20. The summed E-state index contributed by atoms with van der Waals surface area (Å²) in [5.74, 6) is -2.36. The molecule has 0 saturated heterocycles. The van der Waals surface area contributed by atoms with Crippen LogP contribution in [0.25, 0.3) is 0 Å². The summed E-state index contributed by atoms with van der Waals surface area (Å²) in [6.45, 7) is 2.97. The van der Waals surface area contributed by atoms with Crippen LogP contribution in [0.15, 0.2) is 60.7 Å². The van der Waals surface area contributed by atoms with E-state index in [4.69, 9.17) is 37.5 Å². The van der Waals surface area contributed by atoms with Crippen LogP contribution in [0.5, 0.6) is 0 Å². The van der Waals surface area contributed by atoms with Crippen LogP contribution in [0.2, 0.25) is 0 Å². The van der Waals surface area contributed by atoms with Crippen molar-refractivity contribution in [1.82, 2.24) is 0 Å². The van der Waals surface area contributed by atoms with Crippen LogP contribution in [-0.4, -0.2) is 80.6 Å². The predicted molar refractivity (Wildman–Crippen MR) is 267 cm³/mol. The number of phosphoric acid groups is 1. The lowest BCUT2D eigenvalue weighted by atomic mass is 10.1. The number of hydrogen-bond acceptors (Lipinski definition) is 13. The van der Waals surface area contributed by atoms with E-state index in [0.717, 1.165) is 49.7 Å². The first kappa shape index (κ1) is 61.5. The lowest BCUT2D eigenvalue weighted by Gasteiger charge is -2.22. The molecular weight excluding hydrogens is 904 g/mol. The summed E-state index contributed by atoms with van der Waals surface area (Å²) in [5.41, 5.74) is 1.87. The Labute approximate surface area is 414 Å². The van der Waals surface area contributed by atoms with E-state index in [1.165, 1.54) is 89.9 Å². The van der Waals surface area contributed by atoms with E-state index in [9.17, 15) is 28.6 Å². The maximum atomic E-state index is 13.2. The molecule has 69 heavy (non-hydrogen) atoms. The summed E-state index contributed by atoms with van der Waals surface area (Å²) in [7, 11) is -4.89. The van der Waals surface area contributed by atoms with Crippen molar-refractivity contribution >= 4 is 31.7 Å². The van der Waals surface area contributed by atoms with Crippen LogP contribution in [-0.2, 0) is 74.4 Å². The van der Waals surface area contributed by atoms with E-state index in [-0.39, 0.29) is 52.1 Å². The van der Waals surface area contributed by atoms with Gasteiger partial charge in [0.25, 0.3) is 0 Å². The minimum absolute atomic E-state index is 0.0324. The molecule has 0 bridgehead atoms. The van der Waals surface area contributed by atoms with E-state index in [1.807, 2.05) is 60.7 Å². The summed E-state index contributed by atoms with van der Waals surface area (Å²) in [5, 5.41) is 0. The molecule has 0 aliphatic rings. The first-order valence-corrected chi connectivity index (χ1v) is 27.6. The van der Waals surface area contributed by atoms with Gasteiger partial charge in [-0.2, -0.15) is 0 Å². The number of rotatable bonds is 46. The number of ether oxygens (including phenoxy) is 6. The van der Waals surface area contributed by atoms with Crippen LogP contribution in [0.4, 0.5) is 0 Å². The van der Waals surface area contributed by atoms with Gasteiger partial charge in [0.2, 0.25) is 0 Å². The van der Waals surface area contributed by atoms with E-state index in [1.54, 1.807) is 0 Å². The van der Waals surface area contributed by atoms with Gasteiger partial charge in [-0.05, 0) is 24.0 Å². The fourth-order valence-electron chi connectivity index (χ4n) is 7.34. The zero-order valence-corrected chi connectivity index (χ0v) is 43.1. The van der Waals surface area contributed by atoms with Crippen molar-refractivity contribution in [3.05, 3.63) is 71.8 Å². The average molecular weight is 991 g/mol. The maximum absolute atomic E-state index is 13.2. The molecule has 0 aromatic heterocycles. The number of hydrogen-bond donors (Lipinski definition) is 1. The Hall–Kier alpha value is -3.65. The number of carbonyl (C=O) groups is 4. The molecule has 14 nitrogen and oxygen atoms in total. The Kier molecular flexibility index (Phi) is 37.5. The highest BCUT2D eigenvalue weighted by Crippen LogP contribution is 2.43. The average Bonchev–Trinajstić information content (AvgIpc) is 3.35. The SMILES string of the molecule is CCCCCCCCCCCCCC(=O)OC[C@H](COP(=O)(O)OCC(COC(=O)CCOCc1ccccc1)OC(=O)CCOCc1ccccc1)OC(=O)CCCCCCCCCCCCC. The highest BCUT2D eigenvalue weighted by Gasteiger charge is 2.29. The Morgan fingerprint density at radius 3 is 1.14 bits per heavy atom. The van der Waals surface area contributed by atoms with Crippen molar-refractivity contribution in [2.45, 2.75) is 206 Å². The molecule has 1 N–H and O–H groups in total. The minimum Gasteiger partial charge on any atom is -0.462 e. The van der Waals surface area contributed by atoms with Gasteiger partial charge in [0.1, 0.15) is 13.2 Å². The summed E-state index contributed by atoms with van der Waals surface area (Å²) < 4.78 is 56.7. The molecule has 0 aliphatic heterocycles. The Bertz CT molecular complexity index is 1630. The molecule has 0 saturated carbocycles. The van der Waals surface area contributed by atoms with Crippen molar-refractivity contribution in [3.8, 4) is 0 Å². The number of benzene rings is 2. The number of carbonyl (C=O) groups excluding carboxylic acids is 4. The van der Waals surface area contributed by atoms with E-state index >= 15 is 0 Å². The lowest BCUT2D eigenvalue weighted by molar-refractivity contribution is -0.163. The molecule has 0 heterocycles. The Morgan fingerprint density at radius 2 is 0.754 bits per heavy atom. The largest absolute Gasteiger partial charge is 0.472 e. The zero-order chi connectivity index (χ0) is 49.9. The standard InChI is InChI=1S/C54H87O14P/c1-3-5-7-9-11-13-15-17-19-21-29-35-51(55)63-43-49(67-53(57)36-30-22-20-18-16-14-12-10-8-6-4-2)45-65-69(59,60)66-46-50(68-54(58)38-40-62-42-48-33-27-24-28-34-48)44-64-52(56)37-39-61-41-47-31-25-23-26-32-47/h23-28,31-34,49-50H,3-22,29-30,35-46H2,1-2H3,(H,59,60)/t49-,50?/m1/s1. The molecule has 15 heteroatoms. The summed E-state index contributed by atoms with van der Waals surface area (Å²) in [4.78, 5) is 61.8. The van der Waals surface area contributed by atoms with Gasteiger partial charge in [-0.15, -0.1) is 0 Å². The molecule has 2 unspecified atom stereocenters. The van der Waals surface area contributed by atoms with Gasteiger partial charge in [0.05, 0.1) is 52.5 Å². The van der Waals surface area contributed by atoms with Gasteiger partial charge >= 0.3 is 31.7 Å². The van der Waals surface area contributed by atoms with Crippen LogP contribution in [0.3, 0.4) is 0 Å². The van der Waals surface area contributed by atoms with Gasteiger partial charge in [0.15, 0.2) is 12.2 Å². The third-order valence-corrected chi connectivity index (χ3v) is 12.3. The second-order valence-electron chi connectivity index (χ2n) is 17.8. The molecular formula is C54H87O14P. The minimum atomic E-state index is -4.89. The van der Waals surface area contributed by atoms with Crippen molar-refractivity contribution in [2.24, 2.45) is 0 Å². The van der Waals surface area contributed by atoms with Crippen molar-refractivity contribution < 1.29 is 66.1 Å². The first-order chi connectivity index (χ1) is 33.6. The topological polar surface area (TPSA) is 179 Å². The first-order valence-electron chi connectivity index (χ1n) is 26.2. The molecule has 2 aromatic rings. The molecule has 0 amide bonds. The molecule has 3 atom stereocenters. The quantitative estimate of drug-likeness (QED) is 0.0286. The van der Waals surface area contributed by atoms with Gasteiger partial charge in [-0.25, -0.2) is 4.57 Å². The van der Waals surface area contributed by atoms with E-state index in [0.29, 0.717) is 19.4 Å². The van der Waals surface area contributed by atoms with Gasteiger partial charge in [0, 0.05) is 12.8 Å². The van der Waals surface area contributed by atoms with Crippen LogP contribution in [0, 0.1) is 0 Å². The molecule has 0 aliphatic carbocycles. The monoisotopic (exact) mass is 991 g/mol. The summed E-state index contributed by atoms with van der Waals surface area (Å²) >= 11 is 0. The molecule has 0 spiro atoms. The predicted octanol–water partition coefficient (Wildman–Crippen LogP) is 12.6. The second kappa shape index (κ2) is 42.1. The van der Waals surface area contributed by atoms with Gasteiger partial charge in [-0.3, -0.25) is 28.2 Å². The summed E-state index contributed by atoms with van der Waals surface area (Å²) in [6.07, 6.45) is 22.5. The normalized spacial score (nSPS) is 13.0. The molecule has 0 fully saturated rings. The third-order valence-electron chi connectivity index (χ3n) is 11.4.